The van der Waals surface area contributed by atoms with E-state index in [1.165, 1.54) is 0 Å². The van der Waals surface area contributed by atoms with Crippen LogP contribution in [-0.2, 0) is 0 Å². The van der Waals surface area contributed by atoms with Gasteiger partial charge < -0.3 is 9.05 Å². The van der Waals surface area contributed by atoms with E-state index < -0.39 is 8.45 Å². The van der Waals surface area contributed by atoms with Gasteiger partial charge in [0.05, 0.1) is 0 Å². The lowest BCUT2D eigenvalue weighted by atomic mass is 10.3. The van der Waals surface area contributed by atoms with E-state index >= 15 is 0 Å². The van der Waals surface area contributed by atoms with Crippen LogP contribution in [0.1, 0.15) is 0 Å². The summed E-state index contributed by atoms with van der Waals surface area (Å²) >= 11 is 0. The zero-order valence-electron chi connectivity index (χ0n) is 10.0. The molecule has 4 nitrogen and oxygen atoms in total. The Bertz CT molecular complexity index is 511. The van der Waals surface area contributed by atoms with E-state index in [0.717, 1.165) is 11.5 Å². The van der Waals surface area contributed by atoms with Crippen LogP contribution in [0.2, 0.25) is 0 Å². The van der Waals surface area contributed by atoms with Crippen molar-refractivity contribution < 1.29 is 9.05 Å². The molecule has 0 saturated carbocycles. The third-order valence-corrected chi connectivity index (χ3v) is 4.55. The van der Waals surface area contributed by atoms with Gasteiger partial charge in [0.2, 0.25) is 0 Å². The number of nitrogens with one attached hydrogen (secondary N) is 1. The lowest BCUT2D eigenvalue weighted by Crippen LogP contribution is -1.93. The zero-order chi connectivity index (χ0) is 13.3. The summed E-state index contributed by atoms with van der Waals surface area (Å²) in [4.78, 5) is 2.94. The Morgan fingerprint density at radius 1 is 0.947 bits per heavy atom. The molecule has 2 aromatic rings. The molecule has 2 rings (SSSR count). The van der Waals surface area contributed by atoms with Gasteiger partial charge in [-0.3, -0.25) is 0 Å². The summed E-state index contributed by atoms with van der Waals surface area (Å²) in [5, 5.41) is 0. The molecule has 0 spiro atoms. The highest BCUT2D eigenvalue weighted by Gasteiger charge is 2.06. The minimum Gasteiger partial charge on any atom is -0.439 e. The largest absolute Gasteiger partial charge is 0.439 e. The molecule has 0 bridgehead atoms. The Morgan fingerprint density at radius 2 is 1.53 bits per heavy atom. The van der Waals surface area contributed by atoms with Gasteiger partial charge in [0, 0.05) is 0 Å². The molecule has 7 heteroatoms. The van der Waals surface area contributed by atoms with E-state index in [4.69, 9.17) is 9.05 Å². The Kier molecular flexibility index (Phi) is 6.20. The van der Waals surface area contributed by atoms with Crippen LogP contribution in [0, 0.1) is 0 Å². The number of benzene rings is 2. The molecule has 0 aliphatic heterocycles. The summed E-state index contributed by atoms with van der Waals surface area (Å²) < 4.78 is 15.4. The Hall–Kier alpha value is -1.04. The third kappa shape index (κ3) is 5.22. The maximum atomic E-state index is 5.68. The molecular formula is C12H13N2O2P3. The predicted molar refractivity (Wildman–Crippen MR) is 83.3 cm³/mol. The topological polar surface area (TPSA) is 42.9 Å². The van der Waals surface area contributed by atoms with Crippen molar-refractivity contribution in [2.45, 2.75) is 0 Å². The van der Waals surface area contributed by atoms with Gasteiger partial charge in [-0.05, 0) is 24.3 Å². The molecule has 0 amide bonds. The summed E-state index contributed by atoms with van der Waals surface area (Å²) in [6.45, 7) is 0. The van der Waals surface area contributed by atoms with Gasteiger partial charge >= 0.3 is 8.45 Å². The molecule has 2 atom stereocenters. The molecule has 0 aliphatic rings. The van der Waals surface area contributed by atoms with E-state index in [-0.39, 0.29) is 0 Å². The van der Waals surface area contributed by atoms with Crippen LogP contribution in [0.5, 0.6) is 11.5 Å². The fourth-order valence-electron chi connectivity index (χ4n) is 1.23. The first-order valence-corrected chi connectivity index (χ1v) is 8.06. The van der Waals surface area contributed by atoms with Gasteiger partial charge in [-0.2, -0.15) is 0 Å². The minimum atomic E-state index is -1.13. The normalized spacial score (nSPS) is 12.3. The van der Waals surface area contributed by atoms with Crippen molar-refractivity contribution in [1.82, 2.24) is 4.86 Å². The molecule has 0 radical (unpaired) electrons. The molecule has 0 heterocycles. The van der Waals surface area contributed by atoms with E-state index in [9.17, 15) is 0 Å². The average Bonchev–Trinajstić information content (AvgIpc) is 2.48. The summed E-state index contributed by atoms with van der Waals surface area (Å²) in [6, 6.07) is 19.1. The first-order valence-electron chi connectivity index (χ1n) is 5.51. The van der Waals surface area contributed by atoms with Gasteiger partial charge in [0.25, 0.3) is 8.60 Å². The van der Waals surface area contributed by atoms with E-state index in [2.05, 4.69) is 18.8 Å². The van der Waals surface area contributed by atoms with E-state index in [1.54, 1.807) is 0 Å². The minimum absolute atomic E-state index is 0.506. The highest BCUT2D eigenvalue weighted by Crippen LogP contribution is 2.39. The van der Waals surface area contributed by atoms with Crippen LogP contribution in [0.25, 0.3) is 0 Å². The zero-order valence-corrected chi connectivity index (χ0v) is 13.0. The van der Waals surface area contributed by atoms with Crippen molar-refractivity contribution in [2.24, 2.45) is 4.52 Å². The van der Waals surface area contributed by atoms with Gasteiger partial charge in [-0.1, -0.05) is 45.8 Å². The molecular weight excluding hydrogens is 297 g/mol. The highest BCUT2D eigenvalue weighted by molar-refractivity contribution is 7.58. The Balaban J connectivity index is 1.88. The molecule has 0 saturated heterocycles. The molecule has 19 heavy (non-hydrogen) atoms. The van der Waals surface area contributed by atoms with Crippen molar-refractivity contribution >= 4 is 26.4 Å². The maximum Gasteiger partial charge on any atom is 0.306 e. The lowest BCUT2D eigenvalue weighted by Gasteiger charge is -2.10. The van der Waals surface area contributed by atoms with E-state index in [1.807, 2.05) is 60.7 Å². The first kappa shape index (κ1) is 14.4. The van der Waals surface area contributed by atoms with Crippen molar-refractivity contribution in [3.05, 3.63) is 60.7 Å². The quantitative estimate of drug-likeness (QED) is 0.780. The van der Waals surface area contributed by atoms with E-state index in [0.29, 0.717) is 8.60 Å². The third-order valence-electron chi connectivity index (χ3n) is 2.05. The predicted octanol–water partition coefficient (Wildman–Crippen LogP) is 4.80. The Morgan fingerprint density at radius 3 is 2.11 bits per heavy atom. The standard InChI is InChI=1S/C12H13N2O2P3/c17-13-19(16-12-9-5-2-6-10-12)14-18-15-11-7-3-1-4-8-11/h1-10,13H,17H2. The first-order chi connectivity index (χ1) is 9.38. The molecule has 0 aliphatic carbocycles. The van der Waals surface area contributed by atoms with Crippen LogP contribution in [-0.4, -0.2) is 0 Å². The SMILES string of the molecule is PNP(N=POc1ccccc1)Oc1ccccc1. The smallest absolute Gasteiger partial charge is 0.306 e. The van der Waals surface area contributed by atoms with Gasteiger partial charge in [-0.15, -0.1) is 4.52 Å². The van der Waals surface area contributed by atoms with Crippen LogP contribution in [0.3, 0.4) is 0 Å². The van der Waals surface area contributed by atoms with Crippen LogP contribution in [0.4, 0.5) is 0 Å². The van der Waals surface area contributed by atoms with Crippen LogP contribution < -0.4 is 13.9 Å². The summed E-state index contributed by atoms with van der Waals surface area (Å²) in [6.07, 6.45) is 0. The second-order valence-corrected chi connectivity index (χ2v) is 6.20. The lowest BCUT2D eigenvalue weighted by molar-refractivity contribution is 0.609. The molecule has 2 aromatic carbocycles. The van der Waals surface area contributed by atoms with Crippen molar-refractivity contribution in [3.8, 4) is 11.5 Å². The number of hydrogen-bond acceptors (Lipinski definition) is 4. The molecule has 0 fully saturated rings. The molecule has 2 unspecified atom stereocenters. The van der Waals surface area contributed by atoms with Crippen molar-refractivity contribution in [3.63, 3.8) is 0 Å². The monoisotopic (exact) mass is 310 g/mol. The van der Waals surface area contributed by atoms with Gasteiger partial charge in [-0.25, -0.2) is 4.86 Å². The van der Waals surface area contributed by atoms with Crippen molar-refractivity contribution in [1.29, 1.82) is 0 Å². The summed E-state index contributed by atoms with van der Waals surface area (Å²) in [5.41, 5.74) is 0. The van der Waals surface area contributed by atoms with Crippen LogP contribution >= 0.6 is 26.4 Å². The molecule has 0 aromatic heterocycles. The molecule has 1 N–H and O–H groups in total. The fraction of sp³-hybridized carbons (Fsp3) is 0. The second kappa shape index (κ2) is 8.19. The maximum absolute atomic E-state index is 5.68. The number of para-hydroxylation sites is 2. The van der Waals surface area contributed by atoms with Crippen LogP contribution in [0.15, 0.2) is 65.2 Å². The molecule has 98 valence electrons. The van der Waals surface area contributed by atoms with Gasteiger partial charge in [0.15, 0.2) is 0 Å². The fourth-order valence-corrected chi connectivity index (χ4v) is 3.21. The highest BCUT2D eigenvalue weighted by atomic mass is 31.2. The van der Waals surface area contributed by atoms with Crippen molar-refractivity contribution in [2.75, 3.05) is 0 Å². The number of nitrogens with zero attached hydrogens (tertiary/aromatic N) is 1. The Labute approximate surface area is 117 Å². The average molecular weight is 310 g/mol. The number of rotatable bonds is 6. The number of hydrogen-bond donors (Lipinski definition) is 1. The van der Waals surface area contributed by atoms with Gasteiger partial charge in [0.1, 0.15) is 11.5 Å². The second-order valence-electron chi connectivity index (χ2n) is 3.38. The summed E-state index contributed by atoms with van der Waals surface area (Å²) in [7, 11) is 1.79. The summed E-state index contributed by atoms with van der Waals surface area (Å²) in [5.74, 6) is 1.56.